The molecule has 0 aliphatic carbocycles. The van der Waals surface area contributed by atoms with Gasteiger partial charge in [0.15, 0.2) is 0 Å². The molecule has 0 spiro atoms. The monoisotopic (exact) mass is 281 g/mol. The molecule has 4 heteroatoms. The second-order valence-electron chi connectivity index (χ2n) is 6.67. The predicted molar refractivity (Wildman–Crippen MR) is 82.7 cm³/mol. The highest BCUT2D eigenvalue weighted by Gasteiger charge is 2.21. The summed E-state index contributed by atoms with van der Waals surface area (Å²) in [6.07, 6.45) is 2.63. The van der Waals surface area contributed by atoms with E-state index in [2.05, 4.69) is 43.4 Å². The molecule has 1 saturated heterocycles. The van der Waals surface area contributed by atoms with E-state index in [4.69, 9.17) is 4.98 Å². The van der Waals surface area contributed by atoms with Crippen molar-refractivity contribution in [3.05, 3.63) is 16.1 Å². The summed E-state index contributed by atoms with van der Waals surface area (Å²) in [5, 5.41) is 6.79. The van der Waals surface area contributed by atoms with Crippen LogP contribution in [0.15, 0.2) is 5.38 Å². The Hall–Kier alpha value is -0.450. The second kappa shape index (κ2) is 6.33. The molecular formula is C15H27N3S. The third kappa shape index (κ3) is 4.26. The standard InChI is InChI=1S/C15H27N3S/c1-15(2,3)14-17-13(11-19-14)10-18-7-5-12(6-8-18)9-16-4/h11-12,16H,5-10H2,1-4H3. The summed E-state index contributed by atoms with van der Waals surface area (Å²) in [6.45, 7) is 11.3. The van der Waals surface area contributed by atoms with Crippen molar-refractivity contribution in [3.63, 3.8) is 0 Å². The normalized spacial score (nSPS) is 18.9. The van der Waals surface area contributed by atoms with Gasteiger partial charge >= 0.3 is 0 Å². The predicted octanol–water partition coefficient (Wildman–Crippen LogP) is 2.87. The summed E-state index contributed by atoms with van der Waals surface area (Å²) < 4.78 is 0. The third-order valence-electron chi connectivity index (χ3n) is 3.78. The molecule has 3 nitrogen and oxygen atoms in total. The van der Waals surface area contributed by atoms with Crippen LogP contribution in [0.1, 0.15) is 44.3 Å². The smallest absolute Gasteiger partial charge is 0.0982 e. The van der Waals surface area contributed by atoms with Gasteiger partial charge in [-0.25, -0.2) is 4.98 Å². The van der Waals surface area contributed by atoms with Crippen LogP contribution in [0.3, 0.4) is 0 Å². The SMILES string of the molecule is CNCC1CCN(Cc2csc(C(C)(C)C)n2)CC1. The molecule has 1 aromatic rings. The van der Waals surface area contributed by atoms with Crippen LogP contribution in [-0.4, -0.2) is 36.6 Å². The van der Waals surface area contributed by atoms with Crippen LogP contribution in [-0.2, 0) is 12.0 Å². The Kier molecular flexibility index (Phi) is 4.98. The van der Waals surface area contributed by atoms with Gasteiger partial charge in [-0.1, -0.05) is 20.8 Å². The zero-order valence-corrected chi connectivity index (χ0v) is 13.5. The van der Waals surface area contributed by atoms with Crippen LogP contribution in [0.2, 0.25) is 0 Å². The molecule has 2 rings (SSSR count). The van der Waals surface area contributed by atoms with Crippen molar-refractivity contribution in [2.75, 3.05) is 26.7 Å². The van der Waals surface area contributed by atoms with Gasteiger partial charge < -0.3 is 5.32 Å². The molecule has 0 radical (unpaired) electrons. The topological polar surface area (TPSA) is 28.2 Å². The Morgan fingerprint density at radius 1 is 1.37 bits per heavy atom. The molecule has 108 valence electrons. The highest BCUT2D eigenvalue weighted by atomic mass is 32.1. The third-order valence-corrected chi connectivity index (χ3v) is 5.10. The molecular weight excluding hydrogens is 254 g/mol. The first-order chi connectivity index (χ1) is 8.99. The van der Waals surface area contributed by atoms with Gasteiger partial charge in [-0.05, 0) is 45.4 Å². The average molecular weight is 281 g/mol. The molecule has 19 heavy (non-hydrogen) atoms. The van der Waals surface area contributed by atoms with E-state index in [1.807, 2.05) is 0 Å². The first-order valence-corrected chi connectivity index (χ1v) is 8.19. The molecule has 2 heterocycles. The second-order valence-corrected chi connectivity index (χ2v) is 7.53. The lowest BCUT2D eigenvalue weighted by Gasteiger charge is -2.31. The maximum Gasteiger partial charge on any atom is 0.0982 e. The van der Waals surface area contributed by atoms with Crippen LogP contribution in [0.5, 0.6) is 0 Å². The van der Waals surface area contributed by atoms with Gasteiger partial charge in [0.25, 0.3) is 0 Å². The van der Waals surface area contributed by atoms with Crippen molar-refractivity contribution in [2.45, 2.75) is 45.6 Å². The molecule has 1 aromatic heterocycles. The zero-order chi connectivity index (χ0) is 13.9. The van der Waals surface area contributed by atoms with Gasteiger partial charge in [-0.2, -0.15) is 0 Å². The van der Waals surface area contributed by atoms with E-state index in [0.717, 1.165) is 12.5 Å². The van der Waals surface area contributed by atoms with Crippen molar-refractivity contribution in [1.82, 2.24) is 15.2 Å². The number of piperidine rings is 1. The summed E-state index contributed by atoms with van der Waals surface area (Å²) in [7, 11) is 2.05. The number of likely N-dealkylation sites (tertiary alicyclic amines) is 1. The molecule has 0 atom stereocenters. The zero-order valence-electron chi connectivity index (χ0n) is 12.7. The lowest BCUT2D eigenvalue weighted by molar-refractivity contribution is 0.175. The van der Waals surface area contributed by atoms with Crippen molar-refractivity contribution in [1.29, 1.82) is 0 Å². The Balaban J connectivity index is 1.84. The quantitative estimate of drug-likeness (QED) is 0.920. The minimum Gasteiger partial charge on any atom is -0.319 e. The lowest BCUT2D eigenvalue weighted by atomic mass is 9.97. The molecule has 0 saturated carbocycles. The van der Waals surface area contributed by atoms with Gasteiger partial charge in [0, 0.05) is 17.3 Å². The highest BCUT2D eigenvalue weighted by molar-refractivity contribution is 7.09. The van der Waals surface area contributed by atoms with E-state index in [1.165, 1.54) is 43.2 Å². The van der Waals surface area contributed by atoms with E-state index >= 15 is 0 Å². The van der Waals surface area contributed by atoms with E-state index in [-0.39, 0.29) is 5.41 Å². The summed E-state index contributed by atoms with van der Waals surface area (Å²) in [4.78, 5) is 7.34. The number of thiazole rings is 1. The molecule has 0 amide bonds. The lowest BCUT2D eigenvalue weighted by Crippen LogP contribution is -2.36. The number of nitrogens with one attached hydrogen (secondary N) is 1. The number of nitrogens with zero attached hydrogens (tertiary/aromatic N) is 2. The maximum atomic E-state index is 4.80. The summed E-state index contributed by atoms with van der Waals surface area (Å²) in [5.41, 5.74) is 1.44. The number of rotatable bonds is 4. The number of hydrogen-bond acceptors (Lipinski definition) is 4. The Morgan fingerprint density at radius 3 is 2.58 bits per heavy atom. The molecule has 1 fully saturated rings. The van der Waals surface area contributed by atoms with Crippen LogP contribution in [0.25, 0.3) is 0 Å². The highest BCUT2D eigenvalue weighted by Crippen LogP contribution is 2.26. The Morgan fingerprint density at radius 2 is 2.05 bits per heavy atom. The van der Waals surface area contributed by atoms with E-state index in [9.17, 15) is 0 Å². The van der Waals surface area contributed by atoms with Crippen LogP contribution >= 0.6 is 11.3 Å². The van der Waals surface area contributed by atoms with Gasteiger partial charge in [0.05, 0.1) is 10.7 Å². The van der Waals surface area contributed by atoms with Crippen molar-refractivity contribution in [3.8, 4) is 0 Å². The summed E-state index contributed by atoms with van der Waals surface area (Å²) >= 11 is 1.81. The molecule has 0 aromatic carbocycles. The van der Waals surface area contributed by atoms with Crippen LogP contribution in [0.4, 0.5) is 0 Å². The summed E-state index contributed by atoms with van der Waals surface area (Å²) in [5.74, 6) is 0.863. The van der Waals surface area contributed by atoms with Gasteiger partial charge in [0.1, 0.15) is 0 Å². The number of hydrogen-bond donors (Lipinski definition) is 1. The minimum absolute atomic E-state index is 0.183. The maximum absolute atomic E-state index is 4.80. The molecule has 1 aliphatic heterocycles. The molecule has 1 N–H and O–H groups in total. The van der Waals surface area contributed by atoms with Crippen LogP contribution < -0.4 is 5.32 Å². The minimum atomic E-state index is 0.183. The average Bonchev–Trinajstić information content (AvgIpc) is 2.80. The fraction of sp³-hybridized carbons (Fsp3) is 0.800. The van der Waals surface area contributed by atoms with Crippen LogP contribution in [0, 0.1) is 5.92 Å². The fourth-order valence-electron chi connectivity index (χ4n) is 2.59. The summed E-state index contributed by atoms with van der Waals surface area (Å²) in [6, 6.07) is 0. The van der Waals surface area contributed by atoms with Crippen molar-refractivity contribution >= 4 is 11.3 Å². The van der Waals surface area contributed by atoms with E-state index in [0.29, 0.717) is 0 Å². The van der Waals surface area contributed by atoms with Crippen molar-refractivity contribution in [2.24, 2.45) is 5.92 Å². The van der Waals surface area contributed by atoms with Crippen molar-refractivity contribution < 1.29 is 0 Å². The first-order valence-electron chi connectivity index (χ1n) is 7.31. The molecule has 0 bridgehead atoms. The van der Waals surface area contributed by atoms with Gasteiger partial charge in [0.2, 0.25) is 0 Å². The van der Waals surface area contributed by atoms with Gasteiger partial charge in [-0.15, -0.1) is 11.3 Å². The fourth-order valence-corrected chi connectivity index (χ4v) is 3.49. The van der Waals surface area contributed by atoms with Gasteiger partial charge in [-0.3, -0.25) is 4.90 Å². The largest absolute Gasteiger partial charge is 0.319 e. The van der Waals surface area contributed by atoms with E-state index in [1.54, 1.807) is 11.3 Å². The molecule has 1 aliphatic rings. The van der Waals surface area contributed by atoms with E-state index < -0.39 is 0 Å². The number of aromatic nitrogens is 1. The molecule has 0 unspecified atom stereocenters. The Labute approximate surface area is 121 Å². The first kappa shape index (κ1) is 14.9. The Bertz CT molecular complexity index is 386.